The van der Waals surface area contributed by atoms with E-state index in [0.29, 0.717) is 15.4 Å². The highest BCUT2D eigenvalue weighted by Crippen LogP contribution is 2.24. The summed E-state index contributed by atoms with van der Waals surface area (Å²) in [6.07, 6.45) is 1.56. The van der Waals surface area contributed by atoms with E-state index in [2.05, 4.69) is 6.58 Å². The van der Waals surface area contributed by atoms with E-state index < -0.39 is 9.84 Å². The molecular formula is C15H14O2S. The highest BCUT2D eigenvalue weighted by atomic mass is 32.2. The Morgan fingerprint density at radius 3 is 2.22 bits per heavy atom. The molecule has 0 aromatic heterocycles. The van der Waals surface area contributed by atoms with Crippen LogP contribution in [-0.2, 0) is 9.84 Å². The molecule has 0 N–H and O–H groups in total. The number of hydrogen-bond donors (Lipinski definition) is 0. The molecule has 0 saturated carbocycles. The predicted molar refractivity (Wildman–Crippen MR) is 73.2 cm³/mol. The molecule has 0 aliphatic heterocycles. The van der Waals surface area contributed by atoms with E-state index in [9.17, 15) is 8.42 Å². The zero-order chi connectivity index (χ0) is 13.2. The molecule has 3 heteroatoms. The molecule has 0 amide bonds. The van der Waals surface area contributed by atoms with Gasteiger partial charge in [0.15, 0.2) is 0 Å². The van der Waals surface area contributed by atoms with Gasteiger partial charge in [-0.1, -0.05) is 48.6 Å². The van der Waals surface area contributed by atoms with Gasteiger partial charge in [-0.2, -0.15) is 0 Å². The van der Waals surface area contributed by atoms with Gasteiger partial charge in [-0.15, -0.1) is 0 Å². The molecule has 0 saturated heterocycles. The molecule has 0 spiro atoms. The molecule has 0 heterocycles. The molecule has 2 nitrogen and oxygen atoms in total. The van der Waals surface area contributed by atoms with E-state index in [1.54, 1.807) is 54.6 Å². The second kappa shape index (κ2) is 4.78. The maximum atomic E-state index is 12.5. The van der Waals surface area contributed by atoms with Crippen molar-refractivity contribution in [2.24, 2.45) is 0 Å². The molecule has 2 rings (SSSR count). The molecule has 92 valence electrons. The van der Waals surface area contributed by atoms with Crippen LogP contribution in [0.4, 0.5) is 0 Å². The second-order valence-electron chi connectivity index (χ2n) is 4.06. The lowest BCUT2D eigenvalue weighted by molar-refractivity contribution is 0.596. The van der Waals surface area contributed by atoms with Crippen molar-refractivity contribution in [1.29, 1.82) is 0 Å². The third-order valence-corrected chi connectivity index (χ3v) is 4.60. The van der Waals surface area contributed by atoms with Gasteiger partial charge in [-0.05, 0) is 30.7 Å². The highest BCUT2D eigenvalue weighted by Gasteiger charge is 2.19. The van der Waals surface area contributed by atoms with Gasteiger partial charge in [0.1, 0.15) is 0 Å². The van der Waals surface area contributed by atoms with Gasteiger partial charge in [0.05, 0.1) is 9.79 Å². The van der Waals surface area contributed by atoms with Crippen molar-refractivity contribution in [3.63, 3.8) is 0 Å². The van der Waals surface area contributed by atoms with E-state index in [1.165, 1.54) is 0 Å². The van der Waals surface area contributed by atoms with Crippen molar-refractivity contribution < 1.29 is 8.42 Å². The van der Waals surface area contributed by atoms with Gasteiger partial charge in [0.25, 0.3) is 0 Å². The van der Waals surface area contributed by atoms with Crippen LogP contribution in [0.25, 0.3) is 6.08 Å². The number of sulfone groups is 1. The Labute approximate surface area is 108 Å². The fourth-order valence-corrected chi connectivity index (χ4v) is 3.21. The summed E-state index contributed by atoms with van der Waals surface area (Å²) in [6, 6.07) is 13.7. The number of hydrogen-bond acceptors (Lipinski definition) is 2. The quantitative estimate of drug-likeness (QED) is 0.844. The molecule has 0 atom stereocenters. The van der Waals surface area contributed by atoms with Crippen molar-refractivity contribution in [2.45, 2.75) is 16.7 Å². The first-order valence-electron chi connectivity index (χ1n) is 5.59. The summed E-state index contributed by atoms with van der Waals surface area (Å²) in [4.78, 5) is 0.603. The van der Waals surface area contributed by atoms with Gasteiger partial charge in [0, 0.05) is 0 Å². The Morgan fingerprint density at radius 2 is 1.61 bits per heavy atom. The first-order chi connectivity index (χ1) is 8.55. The molecule has 0 aliphatic rings. The second-order valence-corrected chi connectivity index (χ2v) is 5.98. The van der Waals surface area contributed by atoms with Gasteiger partial charge in [-0.3, -0.25) is 0 Å². The maximum Gasteiger partial charge on any atom is 0.207 e. The molecule has 0 bridgehead atoms. The Hall–Kier alpha value is -1.87. The standard InChI is InChI=1S/C15H14O2S/c1-3-13-6-4-5-7-15(13)18(16,17)14-10-8-12(2)9-11-14/h3-11H,1H2,2H3. The zero-order valence-electron chi connectivity index (χ0n) is 10.1. The normalized spacial score (nSPS) is 11.2. The summed E-state index contributed by atoms with van der Waals surface area (Å²) in [6.45, 7) is 5.57. The molecule has 18 heavy (non-hydrogen) atoms. The summed E-state index contributed by atoms with van der Waals surface area (Å²) in [5.74, 6) is 0. The molecule has 0 fully saturated rings. The van der Waals surface area contributed by atoms with E-state index in [0.717, 1.165) is 5.56 Å². The van der Waals surface area contributed by atoms with Crippen molar-refractivity contribution in [2.75, 3.05) is 0 Å². The van der Waals surface area contributed by atoms with Crippen LogP contribution in [0, 0.1) is 6.92 Å². The Kier molecular flexibility index (Phi) is 3.34. The Balaban J connectivity index is 2.61. The van der Waals surface area contributed by atoms with Crippen molar-refractivity contribution in [1.82, 2.24) is 0 Å². The summed E-state index contributed by atoms with van der Waals surface area (Å²) >= 11 is 0. The van der Waals surface area contributed by atoms with Gasteiger partial charge >= 0.3 is 0 Å². The van der Waals surface area contributed by atoms with Crippen LogP contribution >= 0.6 is 0 Å². The molecule has 0 aliphatic carbocycles. The van der Waals surface area contributed by atoms with E-state index in [4.69, 9.17) is 0 Å². The molecule has 2 aromatic rings. The summed E-state index contributed by atoms with van der Waals surface area (Å²) < 4.78 is 25.0. The minimum Gasteiger partial charge on any atom is -0.218 e. The summed E-state index contributed by atoms with van der Waals surface area (Å²) in [5, 5.41) is 0. The van der Waals surface area contributed by atoms with Crippen LogP contribution in [-0.4, -0.2) is 8.42 Å². The average molecular weight is 258 g/mol. The van der Waals surface area contributed by atoms with Crippen LogP contribution in [0.2, 0.25) is 0 Å². The first kappa shape index (κ1) is 12.6. The molecular weight excluding hydrogens is 244 g/mol. The predicted octanol–water partition coefficient (Wildman–Crippen LogP) is 3.47. The van der Waals surface area contributed by atoms with E-state index >= 15 is 0 Å². The molecule has 2 aromatic carbocycles. The first-order valence-corrected chi connectivity index (χ1v) is 7.07. The minimum atomic E-state index is -3.47. The largest absolute Gasteiger partial charge is 0.218 e. The summed E-state index contributed by atoms with van der Waals surface area (Å²) in [7, 11) is -3.47. The Bertz CT molecular complexity index is 668. The smallest absolute Gasteiger partial charge is 0.207 e. The van der Waals surface area contributed by atoms with Crippen molar-refractivity contribution in [3.05, 3.63) is 66.2 Å². The SMILES string of the molecule is C=Cc1ccccc1S(=O)(=O)c1ccc(C)cc1. The van der Waals surface area contributed by atoms with Crippen molar-refractivity contribution >= 4 is 15.9 Å². The minimum absolute atomic E-state index is 0.295. The fourth-order valence-electron chi connectivity index (χ4n) is 1.74. The van der Waals surface area contributed by atoms with Crippen LogP contribution in [0.3, 0.4) is 0 Å². The van der Waals surface area contributed by atoms with Gasteiger partial charge < -0.3 is 0 Å². The Morgan fingerprint density at radius 1 is 1.00 bits per heavy atom. The third kappa shape index (κ3) is 2.22. The van der Waals surface area contributed by atoms with E-state index in [1.807, 2.05) is 6.92 Å². The number of aryl methyl sites for hydroxylation is 1. The monoisotopic (exact) mass is 258 g/mol. The number of benzene rings is 2. The lowest BCUT2D eigenvalue weighted by Gasteiger charge is -2.08. The third-order valence-electron chi connectivity index (χ3n) is 2.76. The highest BCUT2D eigenvalue weighted by molar-refractivity contribution is 7.91. The van der Waals surface area contributed by atoms with E-state index in [-0.39, 0.29) is 0 Å². The topological polar surface area (TPSA) is 34.1 Å². The average Bonchev–Trinajstić information content (AvgIpc) is 2.39. The molecule has 0 unspecified atom stereocenters. The van der Waals surface area contributed by atoms with Gasteiger partial charge in [0.2, 0.25) is 9.84 Å². The number of rotatable bonds is 3. The summed E-state index contributed by atoms with van der Waals surface area (Å²) in [5.41, 5.74) is 1.66. The van der Waals surface area contributed by atoms with Crippen LogP contribution in [0.15, 0.2) is 64.9 Å². The van der Waals surface area contributed by atoms with Crippen LogP contribution in [0.5, 0.6) is 0 Å². The van der Waals surface area contributed by atoms with Crippen molar-refractivity contribution in [3.8, 4) is 0 Å². The lowest BCUT2D eigenvalue weighted by Crippen LogP contribution is -2.03. The van der Waals surface area contributed by atoms with Gasteiger partial charge in [-0.25, -0.2) is 8.42 Å². The van der Waals surface area contributed by atoms with Crippen LogP contribution < -0.4 is 0 Å². The van der Waals surface area contributed by atoms with Crippen LogP contribution in [0.1, 0.15) is 11.1 Å². The lowest BCUT2D eigenvalue weighted by atomic mass is 10.2. The fraction of sp³-hybridized carbons (Fsp3) is 0.0667. The molecule has 0 radical (unpaired) electrons. The zero-order valence-corrected chi connectivity index (χ0v) is 10.9. The maximum absolute atomic E-state index is 12.5.